The Morgan fingerprint density at radius 2 is 2.09 bits per heavy atom. The fourth-order valence-corrected chi connectivity index (χ4v) is 3.41. The summed E-state index contributed by atoms with van der Waals surface area (Å²) in [5, 5.41) is 1.06. The van der Waals surface area contributed by atoms with Gasteiger partial charge in [-0.15, -0.1) is 0 Å². The Morgan fingerprint density at radius 3 is 2.91 bits per heavy atom. The van der Waals surface area contributed by atoms with Crippen LogP contribution in [0.25, 0.3) is 10.9 Å². The minimum atomic E-state index is -0.385. The summed E-state index contributed by atoms with van der Waals surface area (Å²) < 4.78 is 13.5. The molecule has 1 N–H and O–H groups in total. The molecule has 0 aliphatic carbocycles. The molecule has 3 aromatic rings. The molecule has 0 fully saturated rings. The number of fused-ring (bicyclic) bond motifs is 3. The Balaban J connectivity index is 1.86. The Labute approximate surface area is 133 Å². The van der Waals surface area contributed by atoms with Gasteiger partial charge in [0.15, 0.2) is 0 Å². The number of hydrogen-bond acceptors (Lipinski definition) is 1. The summed E-state index contributed by atoms with van der Waals surface area (Å²) >= 11 is 0. The number of H-pyrrole nitrogens is 1. The number of benzene rings is 2. The van der Waals surface area contributed by atoms with Gasteiger partial charge in [-0.2, -0.15) is 0 Å². The van der Waals surface area contributed by atoms with Crippen molar-refractivity contribution >= 4 is 22.5 Å². The molecule has 2 heterocycles. The molecule has 0 radical (unpaired) electrons. The van der Waals surface area contributed by atoms with Crippen LogP contribution in [0.5, 0.6) is 0 Å². The van der Waals surface area contributed by atoms with Crippen LogP contribution >= 0.6 is 0 Å². The highest BCUT2D eigenvalue weighted by atomic mass is 19.1. The van der Waals surface area contributed by atoms with Gasteiger partial charge in [-0.25, -0.2) is 4.39 Å². The monoisotopic (exact) mass is 308 g/mol. The lowest BCUT2D eigenvalue weighted by Gasteiger charge is -2.30. The lowest BCUT2D eigenvalue weighted by molar-refractivity contribution is 0.0985. The second-order valence-electron chi connectivity index (χ2n) is 6.06. The summed E-state index contributed by atoms with van der Waals surface area (Å²) in [4.78, 5) is 18.0. The lowest BCUT2D eigenvalue weighted by atomic mass is 9.98. The van der Waals surface area contributed by atoms with E-state index >= 15 is 0 Å². The van der Waals surface area contributed by atoms with Gasteiger partial charge < -0.3 is 9.88 Å². The Hall–Kier alpha value is -2.62. The molecule has 2 aromatic carbocycles. The summed E-state index contributed by atoms with van der Waals surface area (Å²) in [7, 11) is 0. The maximum Gasteiger partial charge on any atom is 0.258 e. The van der Waals surface area contributed by atoms with Gasteiger partial charge in [0.25, 0.3) is 5.91 Å². The van der Waals surface area contributed by atoms with Crippen LogP contribution in [-0.2, 0) is 6.42 Å². The lowest BCUT2D eigenvalue weighted by Crippen LogP contribution is -2.35. The average molecular weight is 308 g/mol. The molecule has 0 atom stereocenters. The third kappa shape index (κ3) is 2.31. The summed E-state index contributed by atoms with van der Waals surface area (Å²) in [5.41, 5.74) is 4.62. The SMILES string of the molecule is Cc1cc2c3c(ccc2[nH]1)CCCN3C(=O)c1cccc(F)c1. The minimum Gasteiger partial charge on any atom is -0.359 e. The molecule has 1 aromatic heterocycles. The molecule has 1 aliphatic rings. The standard InChI is InChI=1S/C19H17FN2O/c1-12-10-16-17(21-12)8-7-13-5-3-9-22(18(13)16)19(23)14-4-2-6-15(20)11-14/h2,4,6-8,10-11,21H,3,5,9H2,1H3. The molecular weight excluding hydrogens is 291 g/mol. The summed E-state index contributed by atoms with van der Waals surface area (Å²) in [6, 6.07) is 12.1. The molecule has 3 nitrogen and oxygen atoms in total. The molecular formula is C19H17FN2O. The highest BCUT2D eigenvalue weighted by molar-refractivity contribution is 6.11. The molecule has 0 unspecified atom stereocenters. The van der Waals surface area contributed by atoms with Gasteiger partial charge in [-0.3, -0.25) is 4.79 Å². The molecule has 0 bridgehead atoms. The normalized spacial score (nSPS) is 14.1. The first-order valence-electron chi connectivity index (χ1n) is 7.82. The maximum absolute atomic E-state index is 13.5. The van der Waals surface area contributed by atoms with Crippen molar-refractivity contribution in [2.24, 2.45) is 0 Å². The van der Waals surface area contributed by atoms with E-state index in [4.69, 9.17) is 0 Å². The molecule has 4 rings (SSSR count). The first kappa shape index (κ1) is 14.0. The minimum absolute atomic E-state index is 0.142. The van der Waals surface area contributed by atoms with Gasteiger partial charge in [0.05, 0.1) is 5.69 Å². The molecule has 0 saturated heterocycles. The number of aromatic nitrogens is 1. The van der Waals surface area contributed by atoms with Crippen molar-refractivity contribution in [3.63, 3.8) is 0 Å². The van der Waals surface area contributed by atoms with Crippen molar-refractivity contribution in [2.75, 3.05) is 11.4 Å². The molecule has 0 spiro atoms. The highest BCUT2D eigenvalue weighted by Gasteiger charge is 2.26. The van der Waals surface area contributed by atoms with Crippen LogP contribution in [0.15, 0.2) is 42.5 Å². The molecule has 4 heteroatoms. The number of rotatable bonds is 1. The predicted molar refractivity (Wildman–Crippen MR) is 89.4 cm³/mol. The van der Waals surface area contributed by atoms with E-state index in [-0.39, 0.29) is 11.7 Å². The van der Waals surface area contributed by atoms with Crippen LogP contribution in [0.4, 0.5) is 10.1 Å². The zero-order valence-electron chi connectivity index (χ0n) is 12.9. The number of carbonyl (C=O) groups excluding carboxylic acids is 1. The summed E-state index contributed by atoms with van der Waals surface area (Å²) in [5.74, 6) is -0.527. The van der Waals surface area contributed by atoms with Crippen LogP contribution in [0.3, 0.4) is 0 Å². The van der Waals surface area contributed by atoms with Crippen LogP contribution in [-0.4, -0.2) is 17.4 Å². The van der Waals surface area contributed by atoms with Crippen molar-refractivity contribution in [3.05, 3.63) is 65.1 Å². The van der Waals surface area contributed by atoms with Crippen molar-refractivity contribution in [1.29, 1.82) is 0 Å². The van der Waals surface area contributed by atoms with Gasteiger partial charge in [0.2, 0.25) is 0 Å². The maximum atomic E-state index is 13.5. The van der Waals surface area contributed by atoms with Crippen molar-refractivity contribution in [3.8, 4) is 0 Å². The molecule has 0 saturated carbocycles. The first-order valence-corrected chi connectivity index (χ1v) is 7.82. The van der Waals surface area contributed by atoms with Gasteiger partial charge in [0.1, 0.15) is 5.82 Å². The summed E-state index contributed by atoms with van der Waals surface area (Å²) in [6.07, 6.45) is 1.88. The number of amides is 1. The van der Waals surface area contributed by atoms with E-state index in [0.717, 1.165) is 35.1 Å². The van der Waals surface area contributed by atoms with Crippen LogP contribution < -0.4 is 4.90 Å². The Bertz CT molecular complexity index is 913. The van der Waals surface area contributed by atoms with Gasteiger partial charge in [0, 0.05) is 28.7 Å². The second-order valence-corrected chi connectivity index (χ2v) is 6.06. The molecule has 1 aliphatic heterocycles. The number of nitrogens with zero attached hydrogens (tertiary/aromatic N) is 1. The Kier molecular flexibility index (Phi) is 3.18. The molecule has 1 amide bonds. The average Bonchev–Trinajstić information content (AvgIpc) is 2.94. The van der Waals surface area contributed by atoms with E-state index in [1.54, 1.807) is 17.0 Å². The molecule has 23 heavy (non-hydrogen) atoms. The largest absolute Gasteiger partial charge is 0.359 e. The van der Waals surface area contributed by atoms with Gasteiger partial charge in [-0.05, 0) is 55.7 Å². The second kappa shape index (κ2) is 5.23. The quantitative estimate of drug-likeness (QED) is 0.718. The van der Waals surface area contributed by atoms with Crippen LogP contribution in [0.1, 0.15) is 28.0 Å². The number of aryl methyl sites for hydroxylation is 2. The number of halogens is 1. The van der Waals surface area contributed by atoms with Crippen LogP contribution in [0, 0.1) is 12.7 Å². The fourth-order valence-electron chi connectivity index (χ4n) is 3.41. The Morgan fingerprint density at radius 1 is 1.22 bits per heavy atom. The zero-order chi connectivity index (χ0) is 16.0. The number of anilines is 1. The summed E-state index contributed by atoms with van der Waals surface area (Å²) in [6.45, 7) is 2.67. The van der Waals surface area contributed by atoms with Gasteiger partial charge >= 0.3 is 0 Å². The van der Waals surface area contributed by atoms with E-state index in [2.05, 4.69) is 23.2 Å². The van der Waals surface area contributed by atoms with Crippen molar-refractivity contribution < 1.29 is 9.18 Å². The topological polar surface area (TPSA) is 36.1 Å². The number of hydrogen-bond donors (Lipinski definition) is 1. The molecule has 116 valence electrons. The number of carbonyl (C=O) groups is 1. The third-order valence-corrected chi connectivity index (χ3v) is 4.41. The number of aromatic amines is 1. The van der Waals surface area contributed by atoms with E-state index in [1.165, 1.54) is 17.7 Å². The van der Waals surface area contributed by atoms with E-state index in [9.17, 15) is 9.18 Å². The van der Waals surface area contributed by atoms with E-state index < -0.39 is 0 Å². The third-order valence-electron chi connectivity index (χ3n) is 4.41. The fraction of sp³-hybridized carbons (Fsp3) is 0.211. The van der Waals surface area contributed by atoms with Crippen LogP contribution in [0.2, 0.25) is 0 Å². The smallest absolute Gasteiger partial charge is 0.258 e. The first-order chi connectivity index (χ1) is 11.1. The number of nitrogens with one attached hydrogen (secondary N) is 1. The highest BCUT2D eigenvalue weighted by Crippen LogP contribution is 2.36. The van der Waals surface area contributed by atoms with Crippen molar-refractivity contribution in [2.45, 2.75) is 19.8 Å². The van der Waals surface area contributed by atoms with E-state index in [1.807, 2.05) is 6.92 Å². The van der Waals surface area contributed by atoms with Gasteiger partial charge in [-0.1, -0.05) is 12.1 Å². The van der Waals surface area contributed by atoms with Crippen molar-refractivity contribution in [1.82, 2.24) is 4.98 Å². The zero-order valence-corrected chi connectivity index (χ0v) is 12.9. The van der Waals surface area contributed by atoms with E-state index in [0.29, 0.717) is 12.1 Å². The predicted octanol–water partition coefficient (Wildman–Crippen LogP) is 4.21.